The summed E-state index contributed by atoms with van der Waals surface area (Å²) in [6.45, 7) is 3.67. The van der Waals surface area contributed by atoms with E-state index in [-0.39, 0.29) is 17.1 Å². The molecule has 31 heavy (non-hydrogen) atoms. The van der Waals surface area contributed by atoms with E-state index in [1.165, 1.54) is 0 Å². The number of para-hydroxylation sites is 1. The van der Waals surface area contributed by atoms with Crippen molar-refractivity contribution in [1.29, 1.82) is 0 Å². The zero-order chi connectivity index (χ0) is 22.1. The van der Waals surface area contributed by atoms with E-state index < -0.39 is 11.8 Å². The standard InChI is InChI=1S/C22H18BrN5O3/c1-12-17(13(2)28(26-12)16-9-4-3-5-10-16)19-18(20(24)29)22(31-27-19)25-21(30)14-7-6-8-15(23)11-14/h3-11H,1-2H3,(H2,24,29)(H,25,30). The number of aromatic nitrogens is 3. The molecule has 2 aromatic heterocycles. The van der Waals surface area contributed by atoms with E-state index >= 15 is 0 Å². The Kier molecular flexibility index (Phi) is 5.43. The minimum Gasteiger partial charge on any atom is -0.365 e. The maximum Gasteiger partial charge on any atom is 0.258 e. The second kappa shape index (κ2) is 8.19. The lowest BCUT2D eigenvalue weighted by Gasteiger charge is -2.05. The molecule has 0 aliphatic carbocycles. The van der Waals surface area contributed by atoms with Gasteiger partial charge in [0.25, 0.3) is 11.8 Å². The monoisotopic (exact) mass is 479 g/mol. The Morgan fingerprint density at radius 1 is 1.10 bits per heavy atom. The molecule has 156 valence electrons. The number of hydrogen-bond acceptors (Lipinski definition) is 5. The molecule has 2 heterocycles. The highest BCUT2D eigenvalue weighted by atomic mass is 79.9. The van der Waals surface area contributed by atoms with E-state index in [9.17, 15) is 9.59 Å². The quantitative estimate of drug-likeness (QED) is 0.443. The van der Waals surface area contributed by atoms with Gasteiger partial charge in [-0.3, -0.25) is 14.9 Å². The van der Waals surface area contributed by atoms with E-state index in [0.717, 1.165) is 15.9 Å². The Labute approximate surface area is 186 Å². The second-order valence-corrected chi connectivity index (χ2v) is 7.77. The summed E-state index contributed by atoms with van der Waals surface area (Å²) in [4.78, 5) is 24.9. The number of carbonyl (C=O) groups excluding carboxylic acids is 2. The van der Waals surface area contributed by atoms with Crippen molar-refractivity contribution in [3.8, 4) is 16.9 Å². The number of benzene rings is 2. The highest BCUT2D eigenvalue weighted by Crippen LogP contribution is 2.34. The largest absolute Gasteiger partial charge is 0.365 e. The fourth-order valence-electron chi connectivity index (χ4n) is 3.39. The van der Waals surface area contributed by atoms with Gasteiger partial charge in [0.15, 0.2) is 0 Å². The number of hydrogen-bond donors (Lipinski definition) is 2. The van der Waals surface area contributed by atoms with Gasteiger partial charge in [-0.15, -0.1) is 0 Å². The normalized spacial score (nSPS) is 10.8. The van der Waals surface area contributed by atoms with Crippen molar-refractivity contribution in [2.45, 2.75) is 13.8 Å². The molecule has 0 spiro atoms. The summed E-state index contributed by atoms with van der Waals surface area (Å²) in [5.74, 6) is -1.34. The van der Waals surface area contributed by atoms with Crippen molar-refractivity contribution < 1.29 is 14.1 Å². The van der Waals surface area contributed by atoms with Gasteiger partial charge in [-0.1, -0.05) is 45.4 Å². The first kappa shape index (κ1) is 20.5. The average Bonchev–Trinajstić information content (AvgIpc) is 3.28. The van der Waals surface area contributed by atoms with E-state index in [1.807, 2.05) is 37.3 Å². The van der Waals surface area contributed by atoms with Crippen LogP contribution in [-0.4, -0.2) is 26.8 Å². The Hall–Kier alpha value is -3.72. The third kappa shape index (κ3) is 3.87. The molecular formula is C22H18BrN5O3. The summed E-state index contributed by atoms with van der Waals surface area (Å²) in [6.07, 6.45) is 0. The van der Waals surface area contributed by atoms with Crippen LogP contribution < -0.4 is 11.1 Å². The fourth-order valence-corrected chi connectivity index (χ4v) is 3.78. The SMILES string of the molecule is Cc1nn(-c2ccccc2)c(C)c1-c1noc(NC(=O)c2cccc(Br)c2)c1C(N)=O. The molecule has 0 fully saturated rings. The first-order valence-electron chi connectivity index (χ1n) is 9.35. The molecule has 0 aliphatic heterocycles. The van der Waals surface area contributed by atoms with Crippen molar-refractivity contribution >= 4 is 33.6 Å². The molecular weight excluding hydrogens is 462 g/mol. The Morgan fingerprint density at radius 3 is 2.52 bits per heavy atom. The molecule has 8 nitrogen and oxygen atoms in total. The van der Waals surface area contributed by atoms with Gasteiger partial charge in [0.1, 0.15) is 11.3 Å². The molecule has 0 saturated carbocycles. The van der Waals surface area contributed by atoms with E-state index in [1.54, 1.807) is 35.9 Å². The number of aryl methyl sites for hydroxylation is 1. The van der Waals surface area contributed by atoms with E-state index in [4.69, 9.17) is 10.3 Å². The molecule has 0 radical (unpaired) electrons. The lowest BCUT2D eigenvalue weighted by Crippen LogP contribution is -2.17. The van der Waals surface area contributed by atoms with Crippen LogP contribution in [0.5, 0.6) is 0 Å². The van der Waals surface area contributed by atoms with E-state index in [0.29, 0.717) is 16.8 Å². The topological polar surface area (TPSA) is 116 Å². The Balaban J connectivity index is 1.76. The number of carbonyl (C=O) groups is 2. The predicted molar refractivity (Wildman–Crippen MR) is 119 cm³/mol. The molecule has 2 amide bonds. The molecule has 4 rings (SSSR count). The number of rotatable bonds is 5. The van der Waals surface area contributed by atoms with Gasteiger partial charge in [0, 0.05) is 15.6 Å². The number of nitrogens with two attached hydrogens (primary N) is 1. The molecule has 4 aromatic rings. The lowest BCUT2D eigenvalue weighted by molar-refractivity contribution is 0.100. The van der Waals surface area contributed by atoms with Gasteiger partial charge in [-0.25, -0.2) is 4.68 Å². The van der Waals surface area contributed by atoms with Crippen LogP contribution in [0.4, 0.5) is 5.88 Å². The van der Waals surface area contributed by atoms with Crippen LogP contribution in [0.3, 0.4) is 0 Å². The maximum atomic E-state index is 12.6. The Bertz CT molecular complexity index is 1290. The van der Waals surface area contributed by atoms with Crippen LogP contribution in [0.1, 0.15) is 32.1 Å². The molecule has 0 atom stereocenters. The van der Waals surface area contributed by atoms with Crippen molar-refractivity contribution in [3.63, 3.8) is 0 Å². The van der Waals surface area contributed by atoms with Gasteiger partial charge < -0.3 is 10.3 Å². The summed E-state index contributed by atoms with van der Waals surface area (Å²) in [6, 6.07) is 16.4. The predicted octanol–water partition coefficient (Wildman–Crippen LogP) is 4.26. The zero-order valence-electron chi connectivity index (χ0n) is 16.7. The van der Waals surface area contributed by atoms with Gasteiger partial charge >= 0.3 is 0 Å². The van der Waals surface area contributed by atoms with Crippen molar-refractivity contribution in [2.75, 3.05) is 5.32 Å². The molecule has 0 unspecified atom stereocenters. The number of anilines is 1. The van der Waals surface area contributed by atoms with Crippen molar-refractivity contribution in [1.82, 2.24) is 14.9 Å². The highest BCUT2D eigenvalue weighted by Gasteiger charge is 2.28. The van der Waals surface area contributed by atoms with Crippen LogP contribution in [0.25, 0.3) is 16.9 Å². The lowest BCUT2D eigenvalue weighted by atomic mass is 10.0. The second-order valence-electron chi connectivity index (χ2n) is 6.86. The first-order chi connectivity index (χ1) is 14.9. The van der Waals surface area contributed by atoms with Crippen LogP contribution in [0.15, 0.2) is 63.6 Å². The summed E-state index contributed by atoms with van der Waals surface area (Å²) in [7, 11) is 0. The zero-order valence-corrected chi connectivity index (χ0v) is 18.3. The number of halogens is 1. The fraction of sp³-hybridized carbons (Fsp3) is 0.0909. The molecule has 2 aromatic carbocycles. The molecule has 0 bridgehead atoms. The summed E-state index contributed by atoms with van der Waals surface area (Å²) >= 11 is 3.33. The van der Waals surface area contributed by atoms with Crippen LogP contribution in [0, 0.1) is 13.8 Å². The van der Waals surface area contributed by atoms with Gasteiger partial charge in [-0.2, -0.15) is 5.10 Å². The van der Waals surface area contributed by atoms with Crippen molar-refractivity contribution in [2.24, 2.45) is 5.73 Å². The maximum absolute atomic E-state index is 12.6. The third-order valence-electron chi connectivity index (χ3n) is 4.78. The average molecular weight is 480 g/mol. The first-order valence-corrected chi connectivity index (χ1v) is 10.1. The van der Waals surface area contributed by atoms with Crippen LogP contribution >= 0.6 is 15.9 Å². The molecule has 0 aliphatic rings. The third-order valence-corrected chi connectivity index (χ3v) is 5.27. The molecule has 3 N–H and O–H groups in total. The van der Waals surface area contributed by atoms with Gasteiger partial charge in [0.2, 0.25) is 5.88 Å². The summed E-state index contributed by atoms with van der Waals surface area (Å²) < 4.78 is 7.82. The highest BCUT2D eigenvalue weighted by molar-refractivity contribution is 9.10. The minimum atomic E-state index is -0.771. The number of nitrogens with one attached hydrogen (secondary N) is 1. The molecule has 0 saturated heterocycles. The summed E-state index contributed by atoms with van der Waals surface area (Å²) in [5.41, 5.74) is 9.10. The van der Waals surface area contributed by atoms with Crippen LogP contribution in [-0.2, 0) is 0 Å². The van der Waals surface area contributed by atoms with Gasteiger partial charge in [-0.05, 0) is 44.2 Å². The van der Waals surface area contributed by atoms with Gasteiger partial charge in [0.05, 0.1) is 17.1 Å². The number of primary amides is 1. The van der Waals surface area contributed by atoms with Crippen LogP contribution in [0.2, 0.25) is 0 Å². The smallest absolute Gasteiger partial charge is 0.258 e. The number of amides is 2. The van der Waals surface area contributed by atoms with E-state index in [2.05, 4.69) is 31.5 Å². The summed E-state index contributed by atoms with van der Waals surface area (Å²) in [5, 5.41) is 11.2. The molecule has 9 heteroatoms. The van der Waals surface area contributed by atoms with Crippen molar-refractivity contribution in [3.05, 3.63) is 81.6 Å². The number of nitrogens with zero attached hydrogens (tertiary/aromatic N) is 3. The Morgan fingerprint density at radius 2 is 1.84 bits per heavy atom. The minimum absolute atomic E-state index is 0.0119.